The van der Waals surface area contributed by atoms with Gasteiger partial charge < -0.3 is 19.3 Å². The zero-order chi connectivity index (χ0) is 37.5. The van der Waals surface area contributed by atoms with Crippen LogP contribution in [-0.4, -0.2) is 41.0 Å². The second-order valence-electron chi connectivity index (χ2n) is 13.6. The van der Waals surface area contributed by atoms with Crippen LogP contribution in [0.2, 0.25) is 0 Å². The summed E-state index contributed by atoms with van der Waals surface area (Å²) in [5.41, 5.74) is 0. The molecule has 0 unspecified atom stereocenters. The second kappa shape index (κ2) is 37.8. The first-order valence-electron chi connectivity index (χ1n) is 20.4. The van der Waals surface area contributed by atoms with Crippen molar-refractivity contribution in [2.75, 3.05) is 13.2 Å². The smallest absolute Gasteiger partial charge is 0.462 e. The first-order chi connectivity index (χ1) is 24.8. The van der Waals surface area contributed by atoms with Gasteiger partial charge in [-0.2, -0.15) is 0 Å². The molecule has 0 radical (unpaired) electrons. The van der Waals surface area contributed by atoms with Gasteiger partial charge in [0.2, 0.25) is 0 Å². The summed E-state index contributed by atoms with van der Waals surface area (Å²) < 4.78 is 26.3. The Morgan fingerprint density at radius 2 is 0.902 bits per heavy atom. The molecule has 0 aliphatic heterocycles. The van der Waals surface area contributed by atoms with Gasteiger partial charge in [-0.1, -0.05) is 172 Å². The van der Waals surface area contributed by atoms with Crippen LogP contribution in [0.1, 0.15) is 187 Å². The van der Waals surface area contributed by atoms with Crippen molar-refractivity contribution >= 4 is 19.8 Å². The van der Waals surface area contributed by atoms with E-state index in [-0.39, 0.29) is 19.4 Å². The summed E-state index contributed by atoms with van der Waals surface area (Å²) in [6.07, 6.45) is 45.6. The molecule has 0 fully saturated rings. The molecule has 0 aliphatic rings. The van der Waals surface area contributed by atoms with Crippen LogP contribution in [0.15, 0.2) is 48.6 Å². The maximum atomic E-state index is 12.4. The highest BCUT2D eigenvalue weighted by Gasteiger charge is 2.22. The number of phosphoric acid groups is 1. The van der Waals surface area contributed by atoms with Crippen molar-refractivity contribution < 1.29 is 37.9 Å². The van der Waals surface area contributed by atoms with Crippen LogP contribution in [0.25, 0.3) is 0 Å². The zero-order valence-corrected chi connectivity index (χ0v) is 33.4. The minimum Gasteiger partial charge on any atom is -0.462 e. The van der Waals surface area contributed by atoms with Crippen LogP contribution >= 0.6 is 7.82 Å². The molecule has 0 heterocycles. The molecule has 0 saturated heterocycles. The molecule has 0 aliphatic carbocycles. The Bertz CT molecular complexity index is 968. The minimum absolute atomic E-state index is 0.137. The first-order valence-corrected chi connectivity index (χ1v) is 22.0. The molecule has 0 bridgehead atoms. The molecule has 1 atom stereocenters. The highest BCUT2D eigenvalue weighted by Crippen LogP contribution is 2.36. The number of ether oxygens (including phenoxy) is 2. The Labute approximate surface area is 312 Å². The van der Waals surface area contributed by atoms with E-state index in [1.165, 1.54) is 109 Å². The van der Waals surface area contributed by atoms with Gasteiger partial charge in [-0.05, 0) is 51.4 Å². The molecule has 0 aromatic rings. The number of unbranched alkanes of at least 4 members (excludes halogenated alkanes) is 19. The molecule has 0 rings (SSSR count). The molecule has 0 saturated carbocycles. The summed E-state index contributed by atoms with van der Waals surface area (Å²) in [7, 11) is -4.77. The molecule has 0 amide bonds. The maximum Gasteiger partial charge on any atom is 0.469 e. The fourth-order valence-corrected chi connectivity index (χ4v) is 5.90. The Morgan fingerprint density at radius 1 is 0.510 bits per heavy atom. The van der Waals surface area contributed by atoms with Crippen molar-refractivity contribution in [1.29, 1.82) is 0 Å². The molecule has 0 aromatic carbocycles. The molecular formula is C42H75O8P. The highest BCUT2D eigenvalue weighted by molar-refractivity contribution is 7.46. The molecule has 0 spiro atoms. The average Bonchev–Trinajstić information content (AvgIpc) is 3.10. The number of rotatable bonds is 37. The molecule has 296 valence electrons. The summed E-state index contributed by atoms with van der Waals surface area (Å²) >= 11 is 0. The Kier molecular flexibility index (Phi) is 36.3. The molecular weight excluding hydrogens is 663 g/mol. The van der Waals surface area contributed by atoms with Gasteiger partial charge in [-0.25, -0.2) is 4.57 Å². The Balaban J connectivity index is 4.03. The molecule has 51 heavy (non-hydrogen) atoms. The summed E-state index contributed by atoms with van der Waals surface area (Å²) in [5, 5.41) is 0. The van der Waals surface area contributed by atoms with Crippen molar-refractivity contribution in [3.8, 4) is 0 Å². The van der Waals surface area contributed by atoms with Crippen LogP contribution in [0.5, 0.6) is 0 Å². The lowest BCUT2D eigenvalue weighted by Gasteiger charge is -2.18. The third-order valence-electron chi connectivity index (χ3n) is 8.60. The summed E-state index contributed by atoms with van der Waals surface area (Å²) in [5.74, 6) is -0.949. The zero-order valence-electron chi connectivity index (χ0n) is 32.5. The summed E-state index contributed by atoms with van der Waals surface area (Å²) in [4.78, 5) is 42.7. The number of phosphoric ester groups is 1. The molecule has 8 nitrogen and oxygen atoms in total. The van der Waals surface area contributed by atoms with E-state index in [2.05, 4.69) is 60.9 Å². The number of carbonyl (C=O) groups excluding carboxylic acids is 2. The predicted molar refractivity (Wildman–Crippen MR) is 211 cm³/mol. The molecule has 2 N–H and O–H groups in total. The van der Waals surface area contributed by atoms with E-state index in [1.807, 2.05) is 6.08 Å². The fraction of sp³-hybridized carbons (Fsp3) is 0.762. The van der Waals surface area contributed by atoms with E-state index in [1.54, 1.807) is 0 Å². The number of esters is 2. The lowest BCUT2D eigenvalue weighted by atomic mass is 10.0. The van der Waals surface area contributed by atoms with E-state index in [0.717, 1.165) is 38.5 Å². The Morgan fingerprint density at radius 3 is 1.37 bits per heavy atom. The maximum absolute atomic E-state index is 12.4. The van der Waals surface area contributed by atoms with Gasteiger partial charge in [-0.3, -0.25) is 14.1 Å². The van der Waals surface area contributed by atoms with Crippen LogP contribution in [0, 0.1) is 0 Å². The predicted octanol–water partition coefficient (Wildman–Crippen LogP) is 12.3. The standard InChI is InChI=1S/C42H75O8P/c1-3-5-7-9-11-13-15-17-18-19-20-21-22-23-24-25-27-29-31-33-35-37-42(44)50-40(39-49-51(45,46)47)38-48-41(43)36-34-32-30-28-26-16-14-12-10-8-6-4-2/h18-19,21-22,24-25,29,31,40H,3-17,20,23,26-28,30,32-39H2,1-2H3,(H2,45,46,47)/b19-18+,22-21+,25-24+,31-29+/t40-/m1/s1. The normalized spacial score (nSPS) is 12.9. The van der Waals surface area contributed by atoms with Gasteiger partial charge in [0.1, 0.15) is 6.61 Å². The summed E-state index contributed by atoms with van der Waals surface area (Å²) in [6.45, 7) is 3.63. The number of allylic oxidation sites excluding steroid dienone is 8. The van der Waals surface area contributed by atoms with E-state index < -0.39 is 32.5 Å². The van der Waals surface area contributed by atoms with Crippen molar-refractivity contribution in [2.45, 2.75) is 193 Å². The SMILES string of the molecule is CCCCCCCCC/C=C/C/C=C/C/C=C/C/C=C/CCCC(=O)O[C@H](COC(=O)CCCCCCCCCCCCCC)COP(=O)(O)O. The van der Waals surface area contributed by atoms with E-state index in [0.29, 0.717) is 12.8 Å². The topological polar surface area (TPSA) is 119 Å². The third kappa shape index (κ3) is 40.6. The van der Waals surface area contributed by atoms with Crippen molar-refractivity contribution in [2.24, 2.45) is 0 Å². The first kappa shape index (κ1) is 49.0. The van der Waals surface area contributed by atoms with Crippen molar-refractivity contribution in [1.82, 2.24) is 0 Å². The Hall–Kier alpha value is -1.99. The highest BCUT2D eigenvalue weighted by atomic mass is 31.2. The van der Waals surface area contributed by atoms with Crippen LogP contribution in [0.3, 0.4) is 0 Å². The summed E-state index contributed by atoms with van der Waals surface area (Å²) in [6, 6.07) is 0. The van der Waals surface area contributed by atoms with Gasteiger partial charge in [-0.15, -0.1) is 0 Å². The van der Waals surface area contributed by atoms with E-state index in [9.17, 15) is 14.2 Å². The van der Waals surface area contributed by atoms with Gasteiger partial charge in [0.25, 0.3) is 0 Å². The van der Waals surface area contributed by atoms with Crippen LogP contribution in [0.4, 0.5) is 0 Å². The van der Waals surface area contributed by atoms with Crippen molar-refractivity contribution in [3.63, 3.8) is 0 Å². The van der Waals surface area contributed by atoms with Gasteiger partial charge in [0.15, 0.2) is 6.10 Å². The monoisotopic (exact) mass is 739 g/mol. The number of hydrogen-bond acceptors (Lipinski definition) is 6. The minimum atomic E-state index is -4.77. The molecule has 0 aromatic heterocycles. The third-order valence-corrected chi connectivity index (χ3v) is 9.09. The average molecular weight is 739 g/mol. The fourth-order valence-electron chi connectivity index (χ4n) is 5.54. The largest absolute Gasteiger partial charge is 0.469 e. The van der Waals surface area contributed by atoms with Gasteiger partial charge in [0, 0.05) is 12.8 Å². The van der Waals surface area contributed by atoms with Crippen LogP contribution in [-0.2, 0) is 28.2 Å². The van der Waals surface area contributed by atoms with E-state index in [4.69, 9.17) is 19.3 Å². The number of hydrogen-bond donors (Lipinski definition) is 2. The quantitative estimate of drug-likeness (QED) is 0.0280. The van der Waals surface area contributed by atoms with Crippen molar-refractivity contribution in [3.05, 3.63) is 48.6 Å². The lowest BCUT2D eigenvalue weighted by molar-refractivity contribution is -0.161. The lowest BCUT2D eigenvalue weighted by Crippen LogP contribution is -2.29. The second-order valence-corrected chi connectivity index (χ2v) is 14.9. The molecule has 9 heteroatoms. The van der Waals surface area contributed by atoms with Gasteiger partial charge in [0.05, 0.1) is 6.61 Å². The number of carbonyl (C=O) groups is 2. The van der Waals surface area contributed by atoms with Gasteiger partial charge >= 0.3 is 19.8 Å². The van der Waals surface area contributed by atoms with Crippen LogP contribution < -0.4 is 0 Å². The van der Waals surface area contributed by atoms with E-state index >= 15 is 0 Å².